The minimum absolute atomic E-state index is 0.0336. The molecule has 44 heavy (non-hydrogen) atoms. The average Bonchev–Trinajstić information content (AvgIpc) is 3.38. The van der Waals surface area contributed by atoms with Crippen molar-refractivity contribution in [1.29, 1.82) is 0 Å². The number of hydrogen-bond donors (Lipinski definition) is 1. The molecule has 1 fully saturated rings. The number of nitrogens with one attached hydrogen (secondary N) is 1. The van der Waals surface area contributed by atoms with Crippen molar-refractivity contribution in [3.8, 4) is 5.75 Å². The lowest BCUT2D eigenvalue weighted by Crippen LogP contribution is -2.48. The van der Waals surface area contributed by atoms with E-state index in [1.54, 1.807) is 71.2 Å². The number of ether oxygens (including phenoxy) is 1. The van der Waals surface area contributed by atoms with E-state index in [-0.39, 0.29) is 29.0 Å². The van der Waals surface area contributed by atoms with Gasteiger partial charge in [-0.3, -0.25) is 19.5 Å². The predicted molar refractivity (Wildman–Crippen MR) is 157 cm³/mol. The number of hydrogen-bond acceptors (Lipinski definition) is 7. The van der Waals surface area contributed by atoms with E-state index in [1.165, 1.54) is 12.1 Å². The first-order valence-electron chi connectivity index (χ1n) is 13.8. The number of aromatic nitrogens is 4. The second-order valence-electron chi connectivity index (χ2n) is 10.2. The third-order valence-corrected chi connectivity index (χ3v) is 7.36. The van der Waals surface area contributed by atoms with Crippen molar-refractivity contribution in [3.05, 3.63) is 100 Å². The van der Waals surface area contributed by atoms with Crippen LogP contribution >= 0.6 is 11.6 Å². The highest BCUT2D eigenvalue weighted by molar-refractivity contribution is 6.30. The average molecular weight is 628 g/mol. The summed E-state index contributed by atoms with van der Waals surface area (Å²) in [5, 5.41) is 11.6. The van der Waals surface area contributed by atoms with Crippen LogP contribution in [0.1, 0.15) is 37.8 Å². The van der Waals surface area contributed by atoms with Crippen LogP contribution < -0.4 is 10.1 Å². The fourth-order valence-corrected chi connectivity index (χ4v) is 4.76. The fourth-order valence-electron chi connectivity index (χ4n) is 4.63. The van der Waals surface area contributed by atoms with Crippen LogP contribution in [0.15, 0.2) is 66.9 Å². The summed E-state index contributed by atoms with van der Waals surface area (Å²) < 4.78 is 44.0. The molecule has 10 nitrogen and oxygen atoms in total. The van der Waals surface area contributed by atoms with Crippen molar-refractivity contribution in [2.75, 3.05) is 31.5 Å². The monoisotopic (exact) mass is 627 g/mol. The minimum atomic E-state index is -3.21. The van der Waals surface area contributed by atoms with Crippen LogP contribution in [0.4, 0.5) is 18.9 Å². The summed E-state index contributed by atoms with van der Waals surface area (Å²) in [7, 11) is 0. The van der Waals surface area contributed by atoms with E-state index in [9.17, 15) is 22.8 Å². The first kappa shape index (κ1) is 31.0. The number of piperazine rings is 1. The van der Waals surface area contributed by atoms with E-state index >= 15 is 0 Å². The van der Waals surface area contributed by atoms with Gasteiger partial charge in [-0.15, -0.1) is 5.10 Å². The fraction of sp³-hybridized carbons (Fsp3) is 0.300. The first-order chi connectivity index (χ1) is 21.2. The quantitative estimate of drug-likeness (QED) is 0.268. The molecule has 230 valence electrons. The van der Waals surface area contributed by atoms with E-state index in [0.29, 0.717) is 55.7 Å². The second-order valence-corrected chi connectivity index (χ2v) is 10.6. The van der Waals surface area contributed by atoms with Gasteiger partial charge in [0.25, 0.3) is 18.2 Å². The third kappa shape index (κ3) is 7.71. The van der Waals surface area contributed by atoms with Crippen molar-refractivity contribution in [1.82, 2.24) is 29.8 Å². The molecule has 1 saturated heterocycles. The highest BCUT2D eigenvalue weighted by Gasteiger charge is 2.26. The summed E-state index contributed by atoms with van der Waals surface area (Å²) in [5.41, 5.74) is 3.44. The van der Waals surface area contributed by atoms with Gasteiger partial charge in [0.15, 0.2) is 5.69 Å². The Hall–Kier alpha value is -4.49. The topological polar surface area (TPSA) is 105 Å². The molecule has 1 unspecified atom stereocenters. The van der Waals surface area contributed by atoms with Crippen LogP contribution in [-0.2, 0) is 13.1 Å². The van der Waals surface area contributed by atoms with Gasteiger partial charge in [0, 0.05) is 49.6 Å². The smallest absolute Gasteiger partial charge is 0.304 e. The van der Waals surface area contributed by atoms with Gasteiger partial charge in [0.1, 0.15) is 11.4 Å². The van der Waals surface area contributed by atoms with Crippen molar-refractivity contribution >= 4 is 29.1 Å². The van der Waals surface area contributed by atoms with Crippen molar-refractivity contribution in [3.63, 3.8) is 0 Å². The van der Waals surface area contributed by atoms with E-state index in [4.69, 9.17) is 11.6 Å². The zero-order chi connectivity index (χ0) is 31.2. The van der Waals surface area contributed by atoms with Gasteiger partial charge in [-0.25, -0.2) is 13.5 Å². The lowest BCUT2D eigenvalue weighted by Gasteiger charge is -2.34. The largest absolute Gasteiger partial charge is 0.454 e. The molecule has 2 aromatic heterocycles. The number of benzene rings is 2. The molecule has 2 aromatic carbocycles. The summed E-state index contributed by atoms with van der Waals surface area (Å²) in [4.78, 5) is 33.9. The van der Waals surface area contributed by atoms with Crippen LogP contribution in [-0.4, -0.2) is 80.6 Å². The lowest BCUT2D eigenvalue weighted by atomic mass is 10.2. The SMILES string of the molecule is Cc1c(C(=O)N2CCN(Cc3ccc(OC(F)C(F)F)cc3)CC2)nnn1Cc1ccc(C(=O)Nc2ccc(Cl)cc2)nc1. The number of halogens is 4. The molecule has 0 saturated carbocycles. The number of carbonyl (C=O) groups excluding carboxylic acids is 2. The predicted octanol–water partition coefficient (Wildman–Crippen LogP) is 4.83. The Balaban J connectivity index is 1.11. The molecule has 14 heteroatoms. The van der Waals surface area contributed by atoms with Gasteiger partial charge < -0.3 is 15.0 Å². The summed E-state index contributed by atoms with van der Waals surface area (Å²) >= 11 is 5.88. The standard InChI is InChI=1S/C30H29ClF3N7O3/c1-19-26(30(43)40-14-12-39(13-15-40)17-20-2-9-24(10-3-20)44-28(34)27(32)33)37-38-41(19)18-21-4-11-25(35-16-21)29(42)36-23-7-5-22(31)6-8-23/h2-11,16,27-28H,12-15,17-18H2,1H3,(H,36,42). The molecule has 0 aliphatic carbocycles. The van der Waals surface area contributed by atoms with Crippen molar-refractivity contribution in [2.45, 2.75) is 32.8 Å². The molecule has 0 radical (unpaired) electrons. The molecule has 1 aliphatic rings. The lowest BCUT2D eigenvalue weighted by molar-refractivity contribution is -0.0669. The summed E-state index contributed by atoms with van der Waals surface area (Å²) in [6, 6.07) is 16.5. The van der Waals surface area contributed by atoms with E-state index in [1.807, 2.05) is 0 Å². The maximum atomic E-state index is 13.2. The molecule has 1 atom stereocenters. The summed E-state index contributed by atoms with van der Waals surface area (Å²) in [5.74, 6) is -0.525. The Morgan fingerprint density at radius 3 is 2.25 bits per heavy atom. The number of carbonyl (C=O) groups is 2. The van der Waals surface area contributed by atoms with Gasteiger partial charge in [-0.05, 0) is 60.5 Å². The van der Waals surface area contributed by atoms with E-state index < -0.39 is 12.8 Å². The van der Waals surface area contributed by atoms with Crippen LogP contribution in [0.25, 0.3) is 0 Å². The molecule has 1 N–H and O–H groups in total. The Kier molecular flexibility index (Phi) is 9.75. The zero-order valence-electron chi connectivity index (χ0n) is 23.7. The van der Waals surface area contributed by atoms with Crippen LogP contribution in [0.5, 0.6) is 5.75 Å². The Bertz CT molecular complexity index is 1580. The first-order valence-corrected chi connectivity index (χ1v) is 14.2. The van der Waals surface area contributed by atoms with Gasteiger partial charge >= 0.3 is 6.43 Å². The summed E-state index contributed by atoms with van der Waals surface area (Å²) in [6.07, 6.45) is -4.29. The normalized spacial score (nSPS) is 14.5. The number of rotatable bonds is 10. The minimum Gasteiger partial charge on any atom is -0.454 e. The number of alkyl halides is 3. The van der Waals surface area contributed by atoms with Crippen LogP contribution in [0.3, 0.4) is 0 Å². The zero-order valence-corrected chi connectivity index (χ0v) is 24.4. The van der Waals surface area contributed by atoms with Gasteiger partial charge in [-0.2, -0.15) is 4.39 Å². The van der Waals surface area contributed by atoms with Crippen molar-refractivity contribution in [2.24, 2.45) is 0 Å². The Morgan fingerprint density at radius 2 is 1.61 bits per heavy atom. The number of amides is 2. The molecular weight excluding hydrogens is 599 g/mol. The Morgan fingerprint density at radius 1 is 0.932 bits per heavy atom. The van der Waals surface area contributed by atoms with E-state index in [2.05, 4.69) is 30.2 Å². The maximum Gasteiger partial charge on any atom is 0.304 e. The van der Waals surface area contributed by atoms with Gasteiger partial charge in [-0.1, -0.05) is 35.0 Å². The molecule has 0 bridgehead atoms. The van der Waals surface area contributed by atoms with Gasteiger partial charge in [0.2, 0.25) is 0 Å². The Labute approximate surface area is 256 Å². The summed E-state index contributed by atoms with van der Waals surface area (Å²) in [6.45, 7) is 4.93. The molecule has 5 rings (SSSR count). The highest BCUT2D eigenvalue weighted by atomic mass is 35.5. The second kappa shape index (κ2) is 13.9. The van der Waals surface area contributed by atoms with Crippen LogP contribution in [0.2, 0.25) is 5.02 Å². The van der Waals surface area contributed by atoms with Crippen LogP contribution in [0, 0.1) is 6.92 Å². The highest BCUT2D eigenvalue weighted by Crippen LogP contribution is 2.20. The van der Waals surface area contributed by atoms with Gasteiger partial charge in [0.05, 0.1) is 12.2 Å². The molecule has 4 aromatic rings. The molecule has 2 amide bonds. The van der Waals surface area contributed by atoms with E-state index in [0.717, 1.165) is 11.1 Å². The van der Waals surface area contributed by atoms with Crippen molar-refractivity contribution < 1.29 is 27.5 Å². The number of anilines is 1. The molecule has 1 aliphatic heterocycles. The number of nitrogens with zero attached hydrogens (tertiary/aromatic N) is 6. The third-order valence-electron chi connectivity index (χ3n) is 7.11. The number of pyridine rings is 1. The molecule has 3 heterocycles. The molecule has 0 spiro atoms. The maximum absolute atomic E-state index is 13.2. The molecular formula is C30H29ClF3N7O3.